The summed E-state index contributed by atoms with van der Waals surface area (Å²) >= 11 is 6.58. The predicted octanol–water partition coefficient (Wildman–Crippen LogP) is 6.75. The van der Waals surface area contributed by atoms with Crippen LogP contribution in [0.3, 0.4) is 0 Å². The molecule has 0 saturated carbocycles. The second-order valence-corrected chi connectivity index (χ2v) is 11.4. The largest absolute Gasteiger partial charge is 0.573 e. The fourth-order valence-electron chi connectivity index (χ4n) is 4.38. The molecule has 0 atom stereocenters. The van der Waals surface area contributed by atoms with E-state index in [1.807, 2.05) is 25.1 Å². The lowest BCUT2D eigenvalue weighted by molar-refractivity contribution is -0.274. The second-order valence-electron chi connectivity index (χ2n) is 10.1. The number of carbonyl (C=O) groups is 1. The molecule has 2 heterocycles. The van der Waals surface area contributed by atoms with Crippen molar-refractivity contribution in [2.75, 3.05) is 10.7 Å². The highest BCUT2D eigenvalue weighted by atomic mass is 32.2. The number of aromatic nitrogens is 3. The predicted molar refractivity (Wildman–Crippen MR) is 169 cm³/mol. The molecule has 0 radical (unpaired) electrons. The molecule has 3 aromatic carbocycles. The Morgan fingerprint density at radius 3 is 2.58 bits per heavy atom. The minimum atomic E-state index is -4.79. The van der Waals surface area contributed by atoms with Crippen molar-refractivity contribution < 1.29 is 27.1 Å². The van der Waals surface area contributed by atoms with Crippen LogP contribution in [0.25, 0.3) is 17.1 Å². The quantitative estimate of drug-likeness (QED) is 0.102. The van der Waals surface area contributed by atoms with Crippen molar-refractivity contribution in [1.29, 1.82) is 0 Å². The van der Waals surface area contributed by atoms with E-state index in [-0.39, 0.29) is 39.8 Å². The molecule has 0 aliphatic carbocycles. The van der Waals surface area contributed by atoms with Gasteiger partial charge in [-0.3, -0.25) is 15.1 Å². The maximum absolute atomic E-state index is 14.9. The summed E-state index contributed by atoms with van der Waals surface area (Å²) in [7, 11) is 0. The van der Waals surface area contributed by atoms with E-state index in [9.17, 15) is 22.4 Å². The van der Waals surface area contributed by atoms with E-state index in [2.05, 4.69) is 44.2 Å². The Morgan fingerprint density at radius 2 is 1.89 bits per heavy atom. The Kier molecular flexibility index (Phi) is 9.29. The van der Waals surface area contributed by atoms with Crippen LogP contribution in [0.1, 0.15) is 36.5 Å². The molecule has 1 aliphatic heterocycles. The van der Waals surface area contributed by atoms with Crippen molar-refractivity contribution in [3.63, 3.8) is 0 Å². The van der Waals surface area contributed by atoms with E-state index in [1.165, 1.54) is 53.3 Å². The summed E-state index contributed by atoms with van der Waals surface area (Å²) in [4.78, 5) is 22.9. The zero-order chi connectivity index (χ0) is 32.3. The molecule has 1 aliphatic rings. The van der Waals surface area contributed by atoms with Gasteiger partial charge in [0.15, 0.2) is 11.0 Å². The molecule has 0 unspecified atom stereocenters. The van der Waals surface area contributed by atoms with E-state index < -0.39 is 12.2 Å². The first kappa shape index (κ1) is 31.8. The summed E-state index contributed by atoms with van der Waals surface area (Å²) in [5.41, 5.74) is 6.33. The second kappa shape index (κ2) is 13.2. The fraction of sp³-hybridized carbons (Fsp3) is 0.200. The molecule has 5 rings (SSSR count). The van der Waals surface area contributed by atoms with Crippen LogP contribution in [0.4, 0.5) is 23.2 Å². The number of hydrogen-bond donors (Lipinski definition) is 1. The van der Waals surface area contributed by atoms with Crippen LogP contribution in [0, 0.1) is 12.7 Å². The molecule has 232 valence electrons. The van der Waals surface area contributed by atoms with Crippen molar-refractivity contribution in [3.8, 4) is 22.8 Å². The third-order valence-corrected chi connectivity index (χ3v) is 7.57. The Hall–Kier alpha value is -4.63. The van der Waals surface area contributed by atoms with Crippen LogP contribution in [-0.4, -0.2) is 49.3 Å². The summed E-state index contributed by atoms with van der Waals surface area (Å²) in [5.74, 6) is -0.470. The van der Waals surface area contributed by atoms with E-state index in [1.54, 1.807) is 11.0 Å². The van der Waals surface area contributed by atoms with Gasteiger partial charge in [-0.1, -0.05) is 43.8 Å². The highest BCUT2D eigenvalue weighted by molar-refractivity contribution is 8.15. The van der Waals surface area contributed by atoms with Gasteiger partial charge in [-0.2, -0.15) is 10.1 Å². The number of nitrogens with zero attached hydrogens (tertiary/aromatic N) is 6. The summed E-state index contributed by atoms with van der Waals surface area (Å²) in [5, 5.41) is 8.71. The van der Waals surface area contributed by atoms with Gasteiger partial charge in [-0.25, -0.2) is 14.1 Å². The fourth-order valence-corrected chi connectivity index (χ4v) is 5.44. The Morgan fingerprint density at radius 1 is 1.13 bits per heavy atom. The summed E-state index contributed by atoms with van der Waals surface area (Å²) in [6.07, 6.45) is -2.20. The number of thiocarbonyl (C=S) groups is 1. The molecule has 45 heavy (non-hydrogen) atoms. The number of alkyl halides is 3. The normalized spacial score (nSPS) is 14.6. The molecule has 1 saturated heterocycles. The van der Waals surface area contributed by atoms with Gasteiger partial charge in [0.25, 0.3) is 0 Å². The first-order valence-corrected chi connectivity index (χ1v) is 14.8. The zero-order valence-corrected chi connectivity index (χ0v) is 25.7. The molecule has 4 aromatic rings. The molecule has 9 nitrogen and oxygen atoms in total. The Balaban J connectivity index is 1.25. The number of hydrogen-bond acceptors (Lipinski definition) is 7. The molecule has 15 heteroatoms. The maximum atomic E-state index is 14.9. The number of halogens is 4. The van der Waals surface area contributed by atoms with Gasteiger partial charge in [0, 0.05) is 11.1 Å². The van der Waals surface area contributed by atoms with Gasteiger partial charge in [0.05, 0.1) is 23.3 Å². The van der Waals surface area contributed by atoms with Crippen LogP contribution < -0.4 is 15.1 Å². The van der Waals surface area contributed by atoms with Gasteiger partial charge in [0.2, 0.25) is 11.0 Å². The monoisotopic (exact) mass is 655 g/mol. The summed E-state index contributed by atoms with van der Waals surface area (Å²) in [6, 6.07) is 15.3. The molecule has 0 bridgehead atoms. The van der Waals surface area contributed by atoms with Gasteiger partial charge >= 0.3 is 6.36 Å². The minimum Gasteiger partial charge on any atom is -0.406 e. The van der Waals surface area contributed by atoms with Crippen molar-refractivity contribution in [3.05, 3.63) is 89.5 Å². The molecular weight excluding hydrogens is 631 g/mol. The topological polar surface area (TPSA) is 97.0 Å². The molecule has 0 spiro atoms. The van der Waals surface area contributed by atoms with Crippen LogP contribution in [0.2, 0.25) is 0 Å². The number of aliphatic imine (C=N–C) groups is 1. The highest BCUT2D eigenvalue weighted by Gasteiger charge is 2.32. The SMILES string of the molecule is Cc1ccc(C(C)C)c(N2C(=O)CS/C2=N\C(=S)N/N=C/c2ccc(-c3ncn(-c4ccc(OC(F)(F)F)cc4)n3)cc2F)c1. The maximum Gasteiger partial charge on any atom is 0.573 e. The summed E-state index contributed by atoms with van der Waals surface area (Å²) < 4.78 is 57.3. The molecule has 1 fully saturated rings. The van der Waals surface area contributed by atoms with Crippen LogP contribution in [0.5, 0.6) is 5.75 Å². The van der Waals surface area contributed by atoms with Crippen LogP contribution in [0.15, 0.2) is 77.1 Å². The molecule has 1 aromatic heterocycles. The van der Waals surface area contributed by atoms with E-state index in [0.29, 0.717) is 16.4 Å². The number of anilines is 1. The van der Waals surface area contributed by atoms with Gasteiger partial charge < -0.3 is 4.74 Å². The average molecular weight is 656 g/mol. The number of thioether (sulfide) groups is 1. The van der Waals surface area contributed by atoms with E-state index in [0.717, 1.165) is 28.9 Å². The van der Waals surface area contributed by atoms with Crippen LogP contribution >= 0.6 is 24.0 Å². The molecule has 1 N–H and O–H groups in total. The first-order valence-electron chi connectivity index (χ1n) is 13.4. The number of carbonyl (C=O) groups excluding carboxylic acids is 1. The van der Waals surface area contributed by atoms with Crippen molar-refractivity contribution in [2.24, 2.45) is 10.1 Å². The smallest absolute Gasteiger partial charge is 0.406 e. The lowest BCUT2D eigenvalue weighted by Gasteiger charge is -2.22. The first-order chi connectivity index (χ1) is 21.4. The Bertz CT molecular complexity index is 1800. The standard InChI is InChI=1S/C30H25F4N7O2S2/c1-17(2)23-11-4-18(3)12-25(23)41-26(42)15-45-29(41)37-28(44)38-36-14-20-6-5-19(13-24(20)31)27-35-16-40(39-27)21-7-9-22(10-8-21)43-30(32,33)34/h4-14,16-17H,15H2,1-3H3,(H,38,44)/b36-14+,37-29-. The number of ether oxygens (including phenoxy) is 1. The number of rotatable bonds is 7. The molecule has 1 amide bonds. The Labute approximate surface area is 265 Å². The van der Waals surface area contributed by atoms with Crippen molar-refractivity contribution >= 4 is 52.1 Å². The average Bonchev–Trinajstić information content (AvgIpc) is 3.60. The van der Waals surface area contributed by atoms with Crippen molar-refractivity contribution in [1.82, 2.24) is 20.2 Å². The van der Waals surface area contributed by atoms with Crippen molar-refractivity contribution in [2.45, 2.75) is 33.1 Å². The summed E-state index contributed by atoms with van der Waals surface area (Å²) in [6.45, 7) is 6.06. The third kappa shape index (κ3) is 7.72. The van der Waals surface area contributed by atoms with Crippen LogP contribution in [-0.2, 0) is 4.79 Å². The van der Waals surface area contributed by atoms with Gasteiger partial charge in [-0.05, 0) is 78.7 Å². The lowest BCUT2D eigenvalue weighted by Crippen LogP contribution is -2.31. The number of aryl methyl sites for hydroxylation is 1. The minimum absolute atomic E-state index is 0.00281. The number of amides is 1. The van der Waals surface area contributed by atoms with Gasteiger partial charge in [0.1, 0.15) is 17.9 Å². The lowest BCUT2D eigenvalue weighted by atomic mass is 9.99. The van der Waals surface area contributed by atoms with Gasteiger partial charge in [-0.15, -0.1) is 18.3 Å². The number of nitrogens with one attached hydrogen (secondary N) is 1. The third-order valence-electron chi connectivity index (χ3n) is 6.46. The number of benzene rings is 3. The van der Waals surface area contributed by atoms with E-state index in [4.69, 9.17) is 12.2 Å². The number of amidine groups is 1. The number of hydrazone groups is 1. The zero-order valence-electron chi connectivity index (χ0n) is 24.0. The highest BCUT2D eigenvalue weighted by Crippen LogP contribution is 2.34. The van der Waals surface area contributed by atoms with E-state index >= 15 is 0 Å². The molecular formula is C30H25F4N7O2S2.